The summed E-state index contributed by atoms with van der Waals surface area (Å²) in [6.45, 7) is 3.75. The van der Waals surface area contributed by atoms with Gasteiger partial charge in [0.25, 0.3) is 0 Å². The lowest BCUT2D eigenvalue weighted by Crippen LogP contribution is -2.51. The SMILES string of the molecule is CNC1CCN(C2CCCCCCC2)C(C)C1. The minimum absolute atomic E-state index is 0.759. The summed E-state index contributed by atoms with van der Waals surface area (Å²) in [5, 5.41) is 3.45. The van der Waals surface area contributed by atoms with Gasteiger partial charge in [-0.25, -0.2) is 0 Å². The van der Waals surface area contributed by atoms with E-state index in [1.54, 1.807) is 0 Å². The molecule has 2 atom stereocenters. The highest BCUT2D eigenvalue weighted by Gasteiger charge is 2.29. The van der Waals surface area contributed by atoms with Crippen molar-refractivity contribution in [3.8, 4) is 0 Å². The molecular formula is C15H30N2. The van der Waals surface area contributed by atoms with Crippen LogP contribution in [-0.2, 0) is 0 Å². The molecule has 1 heterocycles. The monoisotopic (exact) mass is 238 g/mol. The minimum Gasteiger partial charge on any atom is -0.317 e. The lowest BCUT2D eigenvalue weighted by atomic mass is 9.90. The lowest BCUT2D eigenvalue weighted by molar-refractivity contribution is 0.0747. The predicted octanol–water partition coefficient (Wildman–Crippen LogP) is 3.17. The molecule has 0 spiro atoms. The van der Waals surface area contributed by atoms with Gasteiger partial charge in [0.05, 0.1) is 0 Å². The van der Waals surface area contributed by atoms with E-state index < -0.39 is 0 Å². The van der Waals surface area contributed by atoms with Crippen molar-refractivity contribution < 1.29 is 0 Å². The van der Waals surface area contributed by atoms with Crippen LogP contribution in [0.5, 0.6) is 0 Å². The van der Waals surface area contributed by atoms with E-state index in [-0.39, 0.29) is 0 Å². The molecule has 2 rings (SSSR count). The van der Waals surface area contributed by atoms with Gasteiger partial charge >= 0.3 is 0 Å². The largest absolute Gasteiger partial charge is 0.317 e. The molecule has 0 aromatic heterocycles. The molecule has 1 saturated carbocycles. The summed E-state index contributed by atoms with van der Waals surface area (Å²) in [7, 11) is 2.11. The molecule has 0 amide bonds. The highest BCUT2D eigenvalue weighted by atomic mass is 15.2. The number of hydrogen-bond donors (Lipinski definition) is 1. The van der Waals surface area contributed by atoms with Gasteiger partial charge in [-0.2, -0.15) is 0 Å². The minimum atomic E-state index is 0.759. The molecule has 100 valence electrons. The molecule has 0 bridgehead atoms. The van der Waals surface area contributed by atoms with Gasteiger partial charge < -0.3 is 5.32 Å². The molecule has 0 aromatic carbocycles. The van der Waals surface area contributed by atoms with Crippen LogP contribution in [0.15, 0.2) is 0 Å². The summed E-state index contributed by atoms with van der Waals surface area (Å²) >= 11 is 0. The summed E-state index contributed by atoms with van der Waals surface area (Å²) in [5.74, 6) is 0. The van der Waals surface area contributed by atoms with E-state index in [4.69, 9.17) is 0 Å². The molecule has 1 saturated heterocycles. The van der Waals surface area contributed by atoms with E-state index >= 15 is 0 Å². The molecule has 2 heteroatoms. The molecule has 2 unspecified atom stereocenters. The second-order valence-electron chi connectivity index (χ2n) is 6.10. The molecule has 2 aliphatic rings. The first-order chi connectivity index (χ1) is 8.31. The van der Waals surface area contributed by atoms with Gasteiger partial charge in [0.1, 0.15) is 0 Å². The van der Waals surface area contributed by atoms with Crippen molar-refractivity contribution in [1.82, 2.24) is 10.2 Å². The average Bonchev–Trinajstić information content (AvgIpc) is 2.29. The zero-order valence-electron chi connectivity index (χ0n) is 11.8. The number of nitrogens with zero attached hydrogens (tertiary/aromatic N) is 1. The van der Waals surface area contributed by atoms with Gasteiger partial charge in [-0.05, 0) is 39.7 Å². The van der Waals surface area contributed by atoms with E-state index in [0.29, 0.717) is 0 Å². The molecule has 1 aliphatic carbocycles. The Balaban J connectivity index is 1.87. The molecular weight excluding hydrogens is 208 g/mol. The first-order valence-corrected chi connectivity index (χ1v) is 7.74. The predicted molar refractivity (Wildman–Crippen MR) is 74.4 cm³/mol. The van der Waals surface area contributed by atoms with Crippen LogP contribution in [0.25, 0.3) is 0 Å². The molecule has 2 nitrogen and oxygen atoms in total. The number of rotatable bonds is 2. The van der Waals surface area contributed by atoms with Crippen LogP contribution in [0.4, 0.5) is 0 Å². The number of piperidine rings is 1. The van der Waals surface area contributed by atoms with Crippen molar-refractivity contribution in [1.29, 1.82) is 0 Å². The highest BCUT2D eigenvalue weighted by molar-refractivity contribution is 4.86. The molecule has 1 N–H and O–H groups in total. The average molecular weight is 238 g/mol. The third-order valence-electron chi connectivity index (χ3n) is 4.88. The van der Waals surface area contributed by atoms with E-state index in [0.717, 1.165) is 18.1 Å². The number of likely N-dealkylation sites (tertiary alicyclic amines) is 1. The normalized spacial score (nSPS) is 34.2. The van der Waals surface area contributed by atoms with Gasteiger partial charge in [-0.15, -0.1) is 0 Å². The van der Waals surface area contributed by atoms with Crippen LogP contribution >= 0.6 is 0 Å². The standard InChI is InChI=1S/C15H30N2/c1-13-12-14(16-2)10-11-17(13)15-8-6-4-3-5-7-9-15/h13-16H,3-12H2,1-2H3. The fourth-order valence-corrected chi connectivity index (χ4v) is 3.76. The maximum Gasteiger partial charge on any atom is 0.00980 e. The maximum atomic E-state index is 3.45. The number of nitrogens with one attached hydrogen (secondary N) is 1. The Labute approximate surface area is 107 Å². The third-order valence-corrected chi connectivity index (χ3v) is 4.88. The van der Waals surface area contributed by atoms with Crippen molar-refractivity contribution in [2.75, 3.05) is 13.6 Å². The topological polar surface area (TPSA) is 15.3 Å². The van der Waals surface area contributed by atoms with Gasteiger partial charge in [-0.3, -0.25) is 4.90 Å². The zero-order chi connectivity index (χ0) is 12.1. The number of hydrogen-bond acceptors (Lipinski definition) is 2. The van der Waals surface area contributed by atoms with Crippen LogP contribution in [0.2, 0.25) is 0 Å². The Hall–Kier alpha value is -0.0800. The Bertz CT molecular complexity index is 209. The van der Waals surface area contributed by atoms with Crippen molar-refractivity contribution in [2.24, 2.45) is 0 Å². The van der Waals surface area contributed by atoms with Crippen molar-refractivity contribution in [3.63, 3.8) is 0 Å². The van der Waals surface area contributed by atoms with Crippen LogP contribution in [0.3, 0.4) is 0 Å². The van der Waals surface area contributed by atoms with E-state index in [2.05, 4.69) is 24.2 Å². The highest BCUT2D eigenvalue weighted by Crippen LogP contribution is 2.27. The summed E-state index contributed by atoms with van der Waals surface area (Å²) in [5.41, 5.74) is 0. The van der Waals surface area contributed by atoms with Gasteiger partial charge in [0.2, 0.25) is 0 Å². The quantitative estimate of drug-likeness (QED) is 0.795. The first kappa shape index (κ1) is 13.4. The Morgan fingerprint density at radius 1 is 0.941 bits per heavy atom. The van der Waals surface area contributed by atoms with Gasteiger partial charge in [0, 0.05) is 24.7 Å². The van der Waals surface area contributed by atoms with Gasteiger partial charge in [0.15, 0.2) is 0 Å². The summed E-state index contributed by atoms with van der Waals surface area (Å²) in [6.07, 6.45) is 12.9. The second kappa shape index (κ2) is 6.75. The van der Waals surface area contributed by atoms with Gasteiger partial charge in [-0.1, -0.05) is 32.1 Å². The fraction of sp³-hybridized carbons (Fsp3) is 1.00. The molecule has 2 fully saturated rings. The lowest BCUT2D eigenvalue weighted by Gasteiger charge is -2.43. The molecule has 1 aliphatic heterocycles. The maximum absolute atomic E-state index is 3.45. The van der Waals surface area contributed by atoms with Crippen molar-refractivity contribution >= 4 is 0 Å². The fourth-order valence-electron chi connectivity index (χ4n) is 3.76. The Morgan fingerprint density at radius 3 is 2.18 bits per heavy atom. The second-order valence-corrected chi connectivity index (χ2v) is 6.10. The van der Waals surface area contributed by atoms with E-state index in [1.807, 2.05) is 0 Å². The molecule has 0 radical (unpaired) electrons. The van der Waals surface area contributed by atoms with Crippen molar-refractivity contribution in [2.45, 2.75) is 82.8 Å². The smallest absolute Gasteiger partial charge is 0.00980 e. The first-order valence-electron chi connectivity index (χ1n) is 7.74. The Kier molecular flexibility index (Phi) is 5.30. The van der Waals surface area contributed by atoms with Crippen LogP contribution in [0, 0.1) is 0 Å². The van der Waals surface area contributed by atoms with E-state index in [1.165, 1.54) is 64.3 Å². The van der Waals surface area contributed by atoms with Crippen LogP contribution in [0.1, 0.15) is 64.7 Å². The van der Waals surface area contributed by atoms with E-state index in [9.17, 15) is 0 Å². The zero-order valence-corrected chi connectivity index (χ0v) is 11.8. The summed E-state index contributed by atoms with van der Waals surface area (Å²) in [4.78, 5) is 2.82. The van der Waals surface area contributed by atoms with Crippen molar-refractivity contribution in [3.05, 3.63) is 0 Å². The molecule has 0 aromatic rings. The van der Waals surface area contributed by atoms with Crippen LogP contribution < -0.4 is 5.32 Å². The van der Waals surface area contributed by atoms with Crippen LogP contribution in [-0.4, -0.2) is 36.6 Å². The Morgan fingerprint density at radius 2 is 1.59 bits per heavy atom. The molecule has 17 heavy (non-hydrogen) atoms. The third kappa shape index (κ3) is 3.69. The summed E-state index contributed by atoms with van der Waals surface area (Å²) < 4.78 is 0. The summed E-state index contributed by atoms with van der Waals surface area (Å²) in [6, 6.07) is 2.43.